The summed E-state index contributed by atoms with van der Waals surface area (Å²) in [5.41, 5.74) is 0. The first-order valence-corrected chi connectivity index (χ1v) is 8.20. The van der Waals surface area contributed by atoms with Gasteiger partial charge in [-0.1, -0.05) is 26.7 Å². The molecule has 2 unspecified atom stereocenters. The highest BCUT2D eigenvalue weighted by Gasteiger charge is 2.37. The lowest BCUT2D eigenvalue weighted by molar-refractivity contribution is 0.104. The molecule has 3 rings (SSSR count). The molecule has 0 amide bonds. The van der Waals surface area contributed by atoms with Crippen LogP contribution in [0.15, 0.2) is 0 Å². The second kappa shape index (κ2) is 5.50. The van der Waals surface area contributed by atoms with Crippen LogP contribution in [0, 0.1) is 17.8 Å². The van der Waals surface area contributed by atoms with Crippen molar-refractivity contribution in [2.24, 2.45) is 17.8 Å². The second-order valence-corrected chi connectivity index (χ2v) is 7.36. The first-order chi connectivity index (χ1) is 8.72. The average Bonchev–Trinajstić information content (AvgIpc) is 3.19. The minimum Gasteiger partial charge on any atom is -0.311 e. The van der Waals surface area contributed by atoms with Gasteiger partial charge in [-0.2, -0.15) is 0 Å². The molecule has 3 fully saturated rings. The Bertz CT molecular complexity index is 268. The van der Waals surface area contributed by atoms with Crippen LogP contribution in [0.25, 0.3) is 0 Å². The monoisotopic (exact) mass is 250 g/mol. The summed E-state index contributed by atoms with van der Waals surface area (Å²) < 4.78 is 0. The van der Waals surface area contributed by atoms with E-state index in [1.165, 1.54) is 58.2 Å². The van der Waals surface area contributed by atoms with Crippen molar-refractivity contribution in [1.82, 2.24) is 10.2 Å². The predicted octanol–water partition coefficient (Wildman–Crippen LogP) is 2.89. The van der Waals surface area contributed by atoms with Gasteiger partial charge in [0.1, 0.15) is 0 Å². The van der Waals surface area contributed by atoms with E-state index in [1.54, 1.807) is 0 Å². The molecular formula is C16H30N2. The summed E-state index contributed by atoms with van der Waals surface area (Å²) in [4.78, 5) is 2.83. The Morgan fingerprint density at radius 1 is 1.17 bits per heavy atom. The normalized spacial score (nSPS) is 34.2. The molecule has 0 aromatic heterocycles. The minimum absolute atomic E-state index is 0.804. The smallest absolute Gasteiger partial charge is 0.0224 e. The Hall–Kier alpha value is -0.0800. The molecule has 104 valence electrons. The highest BCUT2D eigenvalue weighted by atomic mass is 15.2. The van der Waals surface area contributed by atoms with Crippen molar-refractivity contribution in [1.29, 1.82) is 0 Å². The van der Waals surface area contributed by atoms with Crippen LogP contribution >= 0.6 is 0 Å². The van der Waals surface area contributed by atoms with Gasteiger partial charge < -0.3 is 5.32 Å². The third-order valence-corrected chi connectivity index (χ3v) is 5.02. The quantitative estimate of drug-likeness (QED) is 0.780. The van der Waals surface area contributed by atoms with Crippen LogP contribution < -0.4 is 5.32 Å². The fraction of sp³-hybridized carbons (Fsp3) is 1.00. The molecule has 3 aliphatic rings. The molecular weight excluding hydrogens is 220 g/mol. The van der Waals surface area contributed by atoms with Crippen molar-refractivity contribution in [2.75, 3.05) is 19.6 Å². The topological polar surface area (TPSA) is 15.3 Å². The molecule has 18 heavy (non-hydrogen) atoms. The summed E-state index contributed by atoms with van der Waals surface area (Å²) in [6.07, 6.45) is 8.80. The number of hydrogen-bond acceptors (Lipinski definition) is 2. The summed E-state index contributed by atoms with van der Waals surface area (Å²) in [6.45, 7) is 8.67. The van der Waals surface area contributed by atoms with Gasteiger partial charge in [-0.05, 0) is 50.0 Å². The fourth-order valence-electron chi connectivity index (χ4n) is 3.50. The Morgan fingerprint density at radius 3 is 2.56 bits per heavy atom. The second-order valence-electron chi connectivity index (χ2n) is 7.36. The van der Waals surface area contributed by atoms with Crippen molar-refractivity contribution in [3.8, 4) is 0 Å². The van der Waals surface area contributed by atoms with Crippen LogP contribution in [0.3, 0.4) is 0 Å². The average molecular weight is 250 g/mol. The van der Waals surface area contributed by atoms with E-state index in [-0.39, 0.29) is 0 Å². The summed E-state index contributed by atoms with van der Waals surface area (Å²) in [7, 11) is 0. The zero-order chi connectivity index (χ0) is 12.5. The molecule has 1 saturated heterocycles. The van der Waals surface area contributed by atoms with E-state index in [4.69, 9.17) is 0 Å². The van der Waals surface area contributed by atoms with Crippen LogP contribution in [0.1, 0.15) is 52.4 Å². The number of nitrogens with zero attached hydrogens (tertiary/aromatic N) is 1. The van der Waals surface area contributed by atoms with Gasteiger partial charge in [-0.25, -0.2) is 0 Å². The van der Waals surface area contributed by atoms with Crippen LogP contribution in [0.2, 0.25) is 0 Å². The van der Waals surface area contributed by atoms with Crippen molar-refractivity contribution in [3.63, 3.8) is 0 Å². The molecule has 0 spiro atoms. The van der Waals surface area contributed by atoms with Crippen molar-refractivity contribution >= 4 is 0 Å². The molecule has 1 N–H and O–H groups in total. The Balaban J connectivity index is 1.53. The molecule has 1 aliphatic heterocycles. The van der Waals surface area contributed by atoms with Gasteiger partial charge >= 0.3 is 0 Å². The van der Waals surface area contributed by atoms with Gasteiger partial charge in [0.05, 0.1) is 0 Å². The van der Waals surface area contributed by atoms with Crippen molar-refractivity contribution in [2.45, 2.75) is 64.5 Å². The van der Waals surface area contributed by atoms with E-state index in [9.17, 15) is 0 Å². The zero-order valence-corrected chi connectivity index (χ0v) is 12.2. The Morgan fingerprint density at radius 2 is 1.94 bits per heavy atom. The highest BCUT2D eigenvalue weighted by Crippen LogP contribution is 2.36. The van der Waals surface area contributed by atoms with Gasteiger partial charge in [0.15, 0.2) is 0 Å². The summed E-state index contributed by atoms with van der Waals surface area (Å²) in [5.74, 6) is 2.92. The summed E-state index contributed by atoms with van der Waals surface area (Å²) in [5, 5.41) is 3.83. The Labute approximate surface area is 113 Å². The highest BCUT2D eigenvalue weighted by molar-refractivity contribution is 4.95. The molecule has 0 bridgehead atoms. The molecule has 2 nitrogen and oxygen atoms in total. The number of rotatable bonds is 6. The van der Waals surface area contributed by atoms with Gasteiger partial charge in [0.25, 0.3) is 0 Å². The number of nitrogens with one attached hydrogen (secondary N) is 1. The summed E-state index contributed by atoms with van der Waals surface area (Å²) >= 11 is 0. The molecule has 0 aromatic rings. The first kappa shape index (κ1) is 12.9. The third kappa shape index (κ3) is 3.48. The number of piperazine rings is 1. The van der Waals surface area contributed by atoms with E-state index < -0.39 is 0 Å². The maximum Gasteiger partial charge on any atom is 0.0224 e. The van der Waals surface area contributed by atoms with Crippen LogP contribution in [-0.2, 0) is 0 Å². The maximum atomic E-state index is 3.83. The van der Waals surface area contributed by atoms with E-state index in [1.807, 2.05) is 0 Å². The standard InChI is InChI=1S/C16H30N2/c1-12(2)9-15-10-17-16(14-5-6-14)11-18(15)8-7-13-3-4-13/h12-17H,3-11H2,1-2H3. The first-order valence-electron chi connectivity index (χ1n) is 8.20. The molecule has 1 heterocycles. The molecule has 2 saturated carbocycles. The lowest BCUT2D eigenvalue weighted by Gasteiger charge is -2.41. The molecule has 2 atom stereocenters. The fourth-order valence-corrected chi connectivity index (χ4v) is 3.50. The van der Waals surface area contributed by atoms with E-state index in [0.29, 0.717) is 0 Å². The van der Waals surface area contributed by atoms with Gasteiger partial charge in [0.2, 0.25) is 0 Å². The lowest BCUT2D eigenvalue weighted by Crippen LogP contribution is -2.57. The Kier molecular flexibility index (Phi) is 3.95. The van der Waals surface area contributed by atoms with E-state index in [0.717, 1.165) is 29.8 Å². The lowest BCUT2D eigenvalue weighted by atomic mass is 9.97. The molecule has 2 heteroatoms. The molecule has 0 aromatic carbocycles. The molecule has 0 radical (unpaired) electrons. The van der Waals surface area contributed by atoms with E-state index in [2.05, 4.69) is 24.1 Å². The summed E-state index contributed by atoms with van der Waals surface area (Å²) in [6, 6.07) is 1.62. The maximum absolute atomic E-state index is 3.83. The van der Waals surface area contributed by atoms with Gasteiger partial charge in [0, 0.05) is 25.2 Å². The van der Waals surface area contributed by atoms with Crippen LogP contribution in [-0.4, -0.2) is 36.6 Å². The number of hydrogen-bond donors (Lipinski definition) is 1. The predicted molar refractivity (Wildman–Crippen MR) is 76.7 cm³/mol. The van der Waals surface area contributed by atoms with Crippen LogP contribution in [0.4, 0.5) is 0 Å². The SMILES string of the molecule is CC(C)CC1CNC(C2CC2)CN1CCC1CC1. The minimum atomic E-state index is 0.804. The van der Waals surface area contributed by atoms with Crippen molar-refractivity contribution < 1.29 is 0 Å². The van der Waals surface area contributed by atoms with E-state index >= 15 is 0 Å². The van der Waals surface area contributed by atoms with Crippen molar-refractivity contribution in [3.05, 3.63) is 0 Å². The van der Waals surface area contributed by atoms with Crippen LogP contribution in [0.5, 0.6) is 0 Å². The largest absolute Gasteiger partial charge is 0.311 e. The van der Waals surface area contributed by atoms with Gasteiger partial charge in [-0.15, -0.1) is 0 Å². The molecule has 2 aliphatic carbocycles. The third-order valence-electron chi connectivity index (χ3n) is 5.02. The van der Waals surface area contributed by atoms with Gasteiger partial charge in [-0.3, -0.25) is 4.90 Å². The zero-order valence-electron chi connectivity index (χ0n) is 12.2.